The monoisotopic (exact) mass is 224 g/mol. The standard InChI is InChI=1S/C12H13FO3/c13-10-1-2-11-9(6-15-7-16-11)8(10)5-12(14)3-4-12/h1-2,14H,3-7H2. The van der Waals surface area contributed by atoms with Gasteiger partial charge in [0.1, 0.15) is 11.6 Å². The van der Waals surface area contributed by atoms with Crippen LogP contribution >= 0.6 is 0 Å². The molecule has 0 atom stereocenters. The molecule has 0 saturated heterocycles. The van der Waals surface area contributed by atoms with Crippen LogP contribution in [-0.2, 0) is 17.8 Å². The van der Waals surface area contributed by atoms with Crippen LogP contribution in [0.4, 0.5) is 4.39 Å². The lowest BCUT2D eigenvalue weighted by molar-refractivity contribution is -0.0174. The Balaban J connectivity index is 2.00. The van der Waals surface area contributed by atoms with Crippen molar-refractivity contribution in [1.29, 1.82) is 0 Å². The zero-order chi connectivity index (χ0) is 11.2. The smallest absolute Gasteiger partial charge is 0.189 e. The third-order valence-corrected chi connectivity index (χ3v) is 3.21. The van der Waals surface area contributed by atoms with Crippen molar-refractivity contribution in [3.05, 3.63) is 29.1 Å². The Bertz CT molecular complexity index is 427. The van der Waals surface area contributed by atoms with Crippen molar-refractivity contribution in [3.63, 3.8) is 0 Å². The molecule has 0 bridgehead atoms. The Morgan fingerprint density at radius 1 is 1.38 bits per heavy atom. The summed E-state index contributed by atoms with van der Waals surface area (Å²) in [7, 11) is 0. The Kier molecular flexibility index (Phi) is 2.16. The van der Waals surface area contributed by atoms with Crippen molar-refractivity contribution in [2.24, 2.45) is 0 Å². The predicted molar refractivity (Wildman–Crippen MR) is 54.6 cm³/mol. The van der Waals surface area contributed by atoms with Crippen molar-refractivity contribution in [3.8, 4) is 5.75 Å². The number of aliphatic hydroxyl groups is 1. The van der Waals surface area contributed by atoms with E-state index < -0.39 is 5.60 Å². The first-order valence-electron chi connectivity index (χ1n) is 5.41. The van der Waals surface area contributed by atoms with Gasteiger partial charge in [-0.1, -0.05) is 0 Å². The number of ether oxygens (including phenoxy) is 2. The van der Waals surface area contributed by atoms with E-state index in [1.54, 1.807) is 6.07 Å². The maximum absolute atomic E-state index is 13.7. The summed E-state index contributed by atoms with van der Waals surface area (Å²) in [5, 5.41) is 9.86. The summed E-state index contributed by atoms with van der Waals surface area (Å²) >= 11 is 0. The molecule has 1 fully saturated rings. The predicted octanol–water partition coefficient (Wildman–Crippen LogP) is 1.76. The van der Waals surface area contributed by atoms with Crippen LogP contribution in [0.5, 0.6) is 5.75 Å². The summed E-state index contributed by atoms with van der Waals surface area (Å²) < 4.78 is 24.2. The van der Waals surface area contributed by atoms with Gasteiger partial charge in [-0.15, -0.1) is 0 Å². The lowest BCUT2D eigenvalue weighted by Gasteiger charge is -2.22. The second-order valence-electron chi connectivity index (χ2n) is 4.51. The first-order valence-corrected chi connectivity index (χ1v) is 5.41. The SMILES string of the molecule is OC1(Cc2c(F)ccc3c2COCO3)CC1. The van der Waals surface area contributed by atoms with Gasteiger partial charge >= 0.3 is 0 Å². The fourth-order valence-electron chi connectivity index (χ4n) is 2.03. The van der Waals surface area contributed by atoms with E-state index in [4.69, 9.17) is 9.47 Å². The highest BCUT2D eigenvalue weighted by molar-refractivity contribution is 5.42. The van der Waals surface area contributed by atoms with E-state index in [2.05, 4.69) is 0 Å². The van der Waals surface area contributed by atoms with Gasteiger partial charge in [0.15, 0.2) is 6.79 Å². The van der Waals surface area contributed by atoms with Gasteiger partial charge in [0.05, 0.1) is 12.2 Å². The normalized spacial score (nSPS) is 21.1. The van der Waals surface area contributed by atoms with Crippen molar-refractivity contribution in [2.75, 3.05) is 6.79 Å². The molecule has 3 nitrogen and oxygen atoms in total. The first kappa shape index (κ1) is 10.1. The molecule has 0 amide bonds. The van der Waals surface area contributed by atoms with Crippen LogP contribution in [0, 0.1) is 5.82 Å². The second kappa shape index (κ2) is 3.43. The molecule has 2 aliphatic rings. The van der Waals surface area contributed by atoms with Gasteiger partial charge in [0, 0.05) is 12.0 Å². The lowest BCUT2D eigenvalue weighted by Crippen LogP contribution is -2.18. The lowest BCUT2D eigenvalue weighted by atomic mass is 9.99. The zero-order valence-corrected chi connectivity index (χ0v) is 8.83. The van der Waals surface area contributed by atoms with Crippen LogP contribution in [0.25, 0.3) is 0 Å². The number of hydrogen-bond acceptors (Lipinski definition) is 3. The summed E-state index contributed by atoms with van der Waals surface area (Å²) in [5.41, 5.74) is 0.580. The largest absolute Gasteiger partial charge is 0.467 e. The summed E-state index contributed by atoms with van der Waals surface area (Å²) in [5.74, 6) is 0.389. The average Bonchev–Trinajstić information content (AvgIpc) is 3.01. The molecule has 86 valence electrons. The van der Waals surface area contributed by atoms with Gasteiger partial charge in [-0.25, -0.2) is 4.39 Å². The minimum absolute atomic E-state index is 0.211. The molecule has 0 aromatic heterocycles. The number of rotatable bonds is 2. The molecule has 0 spiro atoms. The topological polar surface area (TPSA) is 38.7 Å². The van der Waals surface area contributed by atoms with Gasteiger partial charge in [-0.2, -0.15) is 0 Å². The molecule has 1 aromatic rings. The third-order valence-electron chi connectivity index (χ3n) is 3.21. The summed E-state index contributed by atoms with van der Waals surface area (Å²) in [6, 6.07) is 3.01. The second-order valence-corrected chi connectivity index (χ2v) is 4.51. The number of hydrogen-bond donors (Lipinski definition) is 1. The third kappa shape index (κ3) is 1.68. The Morgan fingerprint density at radius 3 is 2.94 bits per heavy atom. The summed E-state index contributed by atoms with van der Waals surface area (Å²) in [6.45, 7) is 0.570. The van der Waals surface area contributed by atoms with E-state index in [1.165, 1.54) is 6.07 Å². The Hall–Kier alpha value is -1.13. The molecule has 16 heavy (non-hydrogen) atoms. The van der Waals surface area contributed by atoms with Crippen LogP contribution < -0.4 is 4.74 Å². The van der Waals surface area contributed by atoms with E-state index in [0.717, 1.165) is 18.4 Å². The van der Waals surface area contributed by atoms with E-state index in [-0.39, 0.29) is 12.6 Å². The van der Waals surface area contributed by atoms with Crippen LogP contribution in [0.1, 0.15) is 24.0 Å². The molecule has 1 aliphatic heterocycles. The van der Waals surface area contributed by atoms with Gasteiger partial charge in [0.25, 0.3) is 0 Å². The molecule has 1 N–H and O–H groups in total. The van der Waals surface area contributed by atoms with E-state index in [0.29, 0.717) is 24.3 Å². The highest BCUT2D eigenvalue weighted by Crippen LogP contribution is 2.41. The minimum atomic E-state index is -0.701. The average molecular weight is 224 g/mol. The molecule has 1 heterocycles. The highest BCUT2D eigenvalue weighted by atomic mass is 19.1. The minimum Gasteiger partial charge on any atom is -0.467 e. The molecular formula is C12H13FO3. The number of fused-ring (bicyclic) bond motifs is 1. The molecule has 1 saturated carbocycles. The first-order chi connectivity index (χ1) is 7.68. The maximum atomic E-state index is 13.7. The Morgan fingerprint density at radius 2 is 2.19 bits per heavy atom. The van der Waals surface area contributed by atoms with Crippen molar-refractivity contribution in [2.45, 2.75) is 31.5 Å². The Labute approximate surface area is 92.8 Å². The van der Waals surface area contributed by atoms with Gasteiger partial charge < -0.3 is 14.6 Å². The molecule has 4 heteroatoms. The number of halogens is 1. The maximum Gasteiger partial charge on any atom is 0.189 e. The van der Waals surface area contributed by atoms with Gasteiger partial charge in [-0.05, 0) is 30.5 Å². The van der Waals surface area contributed by atoms with E-state index >= 15 is 0 Å². The van der Waals surface area contributed by atoms with Crippen molar-refractivity contribution in [1.82, 2.24) is 0 Å². The van der Waals surface area contributed by atoms with Gasteiger partial charge in [0.2, 0.25) is 0 Å². The fraction of sp³-hybridized carbons (Fsp3) is 0.500. The molecule has 1 aliphatic carbocycles. The van der Waals surface area contributed by atoms with E-state index in [9.17, 15) is 9.50 Å². The zero-order valence-electron chi connectivity index (χ0n) is 8.83. The van der Waals surface area contributed by atoms with Crippen LogP contribution in [0.2, 0.25) is 0 Å². The van der Waals surface area contributed by atoms with Crippen molar-refractivity contribution >= 4 is 0 Å². The molecule has 3 rings (SSSR count). The highest BCUT2D eigenvalue weighted by Gasteiger charge is 2.41. The number of benzene rings is 1. The quantitative estimate of drug-likeness (QED) is 0.831. The fourth-order valence-corrected chi connectivity index (χ4v) is 2.03. The van der Waals surface area contributed by atoms with Crippen LogP contribution in [0.15, 0.2) is 12.1 Å². The summed E-state index contributed by atoms with van der Waals surface area (Å²) in [4.78, 5) is 0. The van der Waals surface area contributed by atoms with Crippen LogP contribution in [0.3, 0.4) is 0 Å². The molecular weight excluding hydrogens is 211 g/mol. The van der Waals surface area contributed by atoms with Crippen molar-refractivity contribution < 1.29 is 19.0 Å². The van der Waals surface area contributed by atoms with Crippen LogP contribution in [-0.4, -0.2) is 17.5 Å². The molecule has 1 aromatic carbocycles. The van der Waals surface area contributed by atoms with E-state index in [1.807, 2.05) is 0 Å². The molecule has 0 unspecified atom stereocenters. The van der Waals surface area contributed by atoms with Gasteiger partial charge in [-0.3, -0.25) is 0 Å². The summed E-state index contributed by atoms with van der Waals surface area (Å²) in [6.07, 6.45) is 1.85. The molecule has 0 radical (unpaired) electrons.